The Bertz CT molecular complexity index is 969. The second-order valence-electron chi connectivity index (χ2n) is 6.25. The SMILES string of the molecule is Cc1cc(C(=O)C(C)OC(=O)/C=C/c2cccs2)c(C)n1-c1ccccc1. The molecule has 3 rings (SSSR count). The van der Waals surface area contributed by atoms with Gasteiger partial charge in [0, 0.05) is 33.6 Å². The highest BCUT2D eigenvalue weighted by molar-refractivity contribution is 7.10. The Hall–Kier alpha value is -2.92. The van der Waals surface area contributed by atoms with Gasteiger partial charge in [-0.15, -0.1) is 11.3 Å². The Balaban J connectivity index is 1.75. The summed E-state index contributed by atoms with van der Waals surface area (Å²) in [5, 5.41) is 1.93. The Morgan fingerprint density at radius 3 is 2.52 bits per heavy atom. The normalized spacial score (nSPS) is 12.3. The van der Waals surface area contributed by atoms with E-state index in [1.165, 1.54) is 17.4 Å². The van der Waals surface area contributed by atoms with Gasteiger partial charge in [0.2, 0.25) is 5.78 Å². The molecule has 0 N–H and O–H groups in total. The van der Waals surface area contributed by atoms with Gasteiger partial charge >= 0.3 is 5.97 Å². The maximum Gasteiger partial charge on any atom is 0.331 e. The smallest absolute Gasteiger partial charge is 0.331 e. The molecule has 138 valence electrons. The lowest BCUT2D eigenvalue weighted by molar-refractivity contribution is -0.140. The van der Waals surface area contributed by atoms with E-state index >= 15 is 0 Å². The van der Waals surface area contributed by atoms with Crippen LogP contribution in [0.3, 0.4) is 0 Å². The summed E-state index contributed by atoms with van der Waals surface area (Å²) >= 11 is 1.53. The number of hydrogen-bond donors (Lipinski definition) is 0. The second kappa shape index (κ2) is 8.18. The topological polar surface area (TPSA) is 48.3 Å². The van der Waals surface area contributed by atoms with Crippen molar-refractivity contribution in [2.24, 2.45) is 0 Å². The quantitative estimate of drug-likeness (QED) is 0.345. The van der Waals surface area contributed by atoms with E-state index in [0.717, 1.165) is 22.0 Å². The first-order valence-electron chi connectivity index (χ1n) is 8.68. The first-order chi connectivity index (χ1) is 13.0. The van der Waals surface area contributed by atoms with Gasteiger partial charge in [0.1, 0.15) is 0 Å². The number of aromatic nitrogens is 1. The number of carbonyl (C=O) groups is 2. The van der Waals surface area contributed by atoms with Crippen molar-refractivity contribution in [3.05, 3.63) is 81.8 Å². The molecule has 0 saturated heterocycles. The standard InChI is InChI=1S/C22H21NO3S/c1-15-14-20(16(2)23(15)18-8-5-4-6-9-18)22(25)17(3)26-21(24)12-11-19-10-7-13-27-19/h4-14,17H,1-3H3/b12-11+. The van der Waals surface area contributed by atoms with Crippen LogP contribution in [0.25, 0.3) is 11.8 Å². The van der Waals surface area contributed by atoms with Crippen molar-refractivity contribution < 1.29 is 14.3 Å². The highest BCUT2D eigenvalue weighted by atomic mass is 32.1. The lowest BCUT2D eigenvalue weighted by atomic mass is 10.1. The number of ketones is 1. The Morgan fingerprint density at radius 2 is 1.85 bits per heavy atom. The number of esters is 1. The van der Waals surface area contributed by atoms with Gasteiger partial charge in [-0.25, -0.2) is 4.79 Å². The third-order valence-corrected chi connectivity index (χ3v) is 5.14. The lowest BCUT2D eigenvalue weighted by Gasteiger charge is -2.12. The van der Waals surface area contributed by atoms with Crippen molar-refractivity contribution in [3.8, 4) is 5.69 Å². The number of aryl methyl sites for hydroxylation is 1. The number of hydrogen-bond acceptors (Lipinski definition) is 4. The number of thiophene rings is 1. The summed E-state index contributed by atoms with van der Waals surface area (Å²) in [6, 6.07) is 15.5. The van der Waals surface area contributed by atoms with Crippen molar-refractivity contribution in [1.29, 1.82) is 0 Å². The number of carbonyl (C=O) groups excluding carboxylic acids is 2. The molecule has 0 fully saturated rings. The molecular formula is C22H21NO3S. The molecule has 27 heavy (non-hydrogen) atoms. The van der Waals surface area contributed by atoms with Crippen LogP contribution in [0.1, 0.15) is 33.5 Å². The van der Waals surface area contributed by atoms with Crippen molar-refractivity contribution in [3.63, 3.8) is 0 Å². The highest BCUT2D eigenvalue weighted by Gasteiger charge is 2.23. The first-order valence-corrected chi connectivity index (χ1v) is 9.56. The molecule has 1 atom stereocenters. The number of nitrogens with zero attached hydrogens (tertiary/aromatic N) is 1. The minimum atomic E-state index is -0.852. The van der Waals surface area contributed by atoms with E-state index < -0.39 is 12.1 Å². The van der Waals surface area contributed by atoms with Crippen molar-refractivity contribution in [2.75, 3.05) is 0 Å². The van der Waals surface area contributed by atoms with Gasteiger partial charge in [-0.05, 0) is 56.5 Å². The number of ether oxygens (including phenoxy) is 1. The molecular weight excluding hydrogens is 358 g/mol. The molecule has 0 saturated carbocycles. The van der Waals surface area contributed by atoms with E-state index in [1.54, 1.807) is 13.0 Å². The number of rotatable bonds is 6. The first kappa shape index (κ1) is 18.9. The summed E-state index contributed by atoms with van der Waals surface area (Å²) in [6.07, 6.45) is 2.18. The maximum atomic E-state index is 12.8. The zero-order valence-electron chi connectivity index (χ0n) is 15.5. The fourth-order valence-electron chi connectivity index (χ4n) is 3.01. The third-order valence-electron chi connectivity index (χ3n) is 4.30. The van der Waals surface area contributed by atoms with Gasteiger partial charge in [-0.1, -0.05) is 24.3 Å². The number of benzene rings is 1. The molecule has 0 amide bonds. The van der Waals surface area contributed by atoms with E-state index in [2.05, 4.69) is 0 Å². The van der Waals surface area contributed by atoms with Crippen LogP contribution in [0.5, 0.6) is 0 Å². The predicted octanol–water partition coefficient (Wildman–Crippen LogP) is 4.98. The van der Waals surface area contributed by atoms with Gasteiger partial charge < -0.3 is 9.30 Å². The average Bonchev–Trinajstić information content (AvgIpc) is 3.28. The third kappa shape index (κ3) is 4.26. The molecule has 5 heteroatoms. The van der Waals surface area contributed by atoms with Gasteiger partial charge in [0.15, 0.2) is 6.10 Å². The van der Waals surface area contributed by atoms with E-state index in [-0.39, 0.29) is 5.78 Å². The van der Waals surface area contributed by atoms with Crippen LogP contribution in [-0.2, 0) is 9.53 Å². The summed E-state index contributed by atoms with van der Waals surface area (Å²) in [4.78, 5) is 25.8. The second-order valence-corrected chi connectivity index (χ2v) is 7.23. The van der Waals surface area contributed by atoms with Crippen LogP contribution >= 0.6 is 11.3 Å². The van der Waals surface area contributed by atoms with Crippen LogP contribution in [0, 0.1) is 13.8 Å². The molecule has 2 aromatic heterocycles. The molecule has 2 heterocycles. The molecule has 4 nitrogen and oxygen atoms in total. The molecule has 0 radical (unpaired) electrons. The molecule has 0 aliphatic carbocycles. The van der Waals surface area contributed by atoms with Gasteiger partial charge in [-0.2, -0.15) is 0 Å². The number of para-hydroxylation sites is 1. The summed E-state index contributed by atoms with van der Waals surface area (Å²) in [5.41, 5.74) is 3.35. The van der Waals surface area contributed by atoms with Crippen LogP contribution in [0.4, 0.5) is 0 Å². The Kier molecular flexibility index (Phi) is 5.72. The van der Waals surface area contributed by atoms with Crippen molar-refractivity contribution in [2.45, 2.75) is 26.9 Å². The Morgan fingerprint density at radius 1 is 1.11 bits per heavy atom. The van der Waals surface area contributed by atoms with E-state index in [1.807, 2.05) is 72.3 Å². The fraction of sp³-hybridized carbons (Fsp3) is 0.182. The van der Waals surface area contributed by atoms with E-state index in [0.29, 0.717) is 5.56 Å². The van der Waals surface area contributed by atoms with Crippen LogP contribution in [-0.4, -0.2) is 22.4 Å². The van der Waals surface area contributed by atoms with E-state index in [4.69, 9.17) is 4.74 Å². The van der Waals surface area contributed by atoms with Crippen LogP contribution < -0.4 is 0 Å². The molecule has 0 spiro atoms. The molecule has 0 bridgehead atoms. The molecule has 1 aromatic carbocycles. The van der Waals surface area contributed by atoms with E-state index in [9.17, 15) is 9.59 Å². The molecule has 0 aliphatic rings. The zero-order chi connectivity index (χ0) is 19.4. The summed E-state index contributed by atoms with van der Waals surface area (Å²) in [6.45, 7) is 5.46. The van der Waals surface area contributed by atoms with Crippen molar-refractivity contribution in [1.82, 2.24) is 4.57 Å². The predicted molar refractivity (Wildman–Crippen MR) is 108 cm³/mol. The van der Waals surface area contributed by atoms with Gasteiger partial charge in [0.25, 0.3) is 0 Å². The summed E-state index contributed by atoms with van der Waals surface area (Å²) < 4.78 is 7.32. The zero-order valence-corrected chi connectivity index (χ0v) is 16.3. The monoisotopic (exact) mass is 379 g/mol. The van der Waals surface area contributed by atoms with Crippen molar-refractivity contribution >= 4 is 29.2 Å². The molecule has 3 aromatic rings. The molecule has 0 aliphatic heterocycles. The van der Waals surface area contributed by atoms with Gasteiger partial charge in [0.05, 0.1) is 0 Å². The Labute approximate surface area is 162 Å². The van der Waals surface area contributed by atoms with Crippen LogP contribution in [0.15, 0.2) is 60.0 Å². The highest BCUT2D eigenvalue weighted by Crippen LogP contribution is 2.22. The van der Waals surface area contributed by atoms with Crippen LogP contribution in [0.2, 0.25) is 0 Å². The summed E-state index contributed by atoms with van der Waals surface area (Å²) in [5.74, 6) is -0.732. The largest absolute Gasteiger partial charge is 0.451 e. The minimum Gasteiger partial charge on any atom is -0.451 e. The lowest BCUT2D eigenvalue weighted by Crippen LogP contribution is -2.24. The maximum absolute atomic E-state index is 12.8. The summed E-state index contributed by atoms with van der Waals surface area (Å²) in [7, 11) is 0. The fourth-order valence-corrected chi connectivity index (χ4v) is 3.63. The minimum absolute atomic E-state index is 0.205. The number of Topliss-reactive ketones (excluding diaryl/α,β-unsaturated/α-hetero) is 1. The average molecular weight is 379 g/mol. The molecule has 1 unspecified atom stereocenters. The van der Waals surface area contributed by atoms with Gasteiger partial charge in [-0.3, -0.25) is 4.79 Å².